The molecule has 1 aliphatic rings. The molecule has 1 aromatic rings. The number of hydrogen-bond acceptors (Lipinski definition) is 4. The van der Waals surface area contributed by atoms with Crippen molar-refractivity contribution in [2.45, 2.75) is 58.5 Å². The van der Waals surface area contributed by atoms with E-state index in [2.05, 4.69) is 36.4 Å². The van der Waals surface area contributed by atoms with E-state index in [4.69, 9.17) is 0 Å². The molecule has 0 saturated heterocycles. The third-order valence-corrected chi connectivity index (χ3v) is 4.24. The van der Waals surface area contributed by atoms with Crippen molar-refractivity contribution >= 4 is 0 Å². The van der Waals surface area contributed by atoms with E-state index in [1.54, 1.807) is 0 Å². The van der Waals surface area contributed by atoms with Crippen LogP contribution >= 0.6 is 0 Å². The number of aliphatic hydroxyl groups excluding tert-OH is 1. The monoisotopic (exact) mass is 280 g/mol. The van der Waals surface area contributed by atoms with Gasteiger partial charge in [0.25, 0.3) is 0 Å². The minimum Gasteiger partial charge on any atom is -0.396 e. The summed E-state index contributed by atoms with van der Waals surface area (Å²) in [6, 6.07) is 0. The van der Waals surface area contributed by atoms with E-state index in [1.165, 1.54) is 25.7 Å². The second-order valence-electron chi connectivity index (χ2n) is 6.94. The van der Waals surface area contributed by atoms with Crippen LogP contribution in [0.15, 0.2) is 6.20 Å². The zero-order valence-electron chi connectivity index (χ0n) is 13.0. The summed E-state index contributed by atoms with van der Waals surface area (Å²) in [6.07, 6.45) is 6.97. The first-order valence-corrected chi connectivity index (χ1v) is 7.74. The standard InChI is InChI=1S/C15H28N4O/c1-15(2,3)19-10-14(17-18-19)9-16-8-12-6-4-5-7-13(12)11-20/h10,12-13,16,20H,4-9,11H2,1-3H3. The van der Waals surface area contributed by atoms with Crippen LogP contribution < -0.4 is 5.32 Å². The lowest BCUT2D eigenvalue weighted by molar-refractivity contribution is 0.133. The predicted octanol–water partition coefficient (Wildman–Crippen LogP) is 1.92. The van der Waals surface area contributed by atoms with Crippen molar-refractivity contribution in [3.63, 3.8) is 0 Å². The van der Waals surface area contributed by atoms with Gasteiger partial charge in [0.15, 0.2) is 0 Å². The molecule has 1 aliphatic carbocycles. The number of nitrogens with zero attached hydrogens (tertiary/aromatic N) is 3. The molecule has 2 rings (SSSR count). The van der Waals surface area contributed by atoms with Gasteiger partial charge in [-0.05, 0) is 52.0 Å². The van der Waals surface area contributed by atoms with Crippen molar-refractivity contribution in [2.75, 3.05) is 13.2 Å². The van der Waals surface area contributed by atoms with Crippen LogP contribution in [0.25, 0.3) is 0 Å². The molecular weight excluding hydrogens is 252 g/mol. The highest BCUT2D eigenvalue weighted by molar-refractivity contribution is 4.94. The molecule has 1 aromatic heterocycles. The average Bonchev–Trinajstić information content (AvgIpc) is 2.88. The molecule has 0 spiro atoms. The molecule has 0 aliphatic heterocycles. The lowest BCUT2D eigenvalue weighted by Gasteiger charge is -2.30. The van der Waals surface area contributed by atoms with Crippen LogP contribution in [0, 0.1) is 11.8 Å². The Morgan fingerprint density at radius 2 is 2.00 bits per heavy atom. The van der Waals surface area contributed by atoms with Crippen molar-refractivity contribution < 1.29 is 5.11 Å². The van der Waals surface area contributed by atoms with Crippen molar-refractivity contribution in [1.82, 2.24) is 20.3 Å². The van der Waals surface area contributed by atoms with Crippen molar-refractivity contribution in [2.24, 2.45) is 11.8 Å². The predicted molar refractivity (Wildman–Crippen MR) is 79.3 cm³/mol. The minimum atomic E-state index is -0.0173. The summed E-state index contributed by atoms with van der Waals surface area (Å²) in [7, 11) is 0. The maximum atomic E-state index is 9.42. The fourth-order valence-electron chi connectivity index (χ4n) is 2.89. The van der Waals surface area contributed by atoms with E-state index in [0.29, 0.717) is 18.4 Å². The van der Waals surface area contributed by atoms with Crippen LogP contribution in [0.5, 0.6) is 0 Å². The Kier molecular flexibility index (Phi) is 5.16. The second-order valence-corrected chi connectivity index (χ2v) is 6.94. The van der Waals surface area contributed by atoms with Crippen LogP contribution in [0.3, 0.4) is 0 Å². The molecule has 20 heavy (non-hydrogen) atoms. The Morgan fingerprint density at radius 3 is 2.60 bits per heavy atom. The van der Waals surface area contributed by atoms with Gasteiger partial charge in [0.1, 0.15) is 0 Å². The molecule has 5 nitrogen and oxygen atoms in total. The molecule has 1 heterocycles. The van der Waals surface area contributed by atoms with Gasteiger partial charge in [-0.2, -0.15) is 0 Å². The first kappa shape index (κ1) is 15.4. The second kappa shape index (κ2) is 6.68. The Bertz CT molecular complexity index is 410. The quantitative estimate of drug-likeness (QED) is 0.865. The highest BCUT2D eigenvalue weighted by Gasteiger charge is 2.24. The molecule has 0 radical (unpaired) electrons. The summed E-state index contributed by atoms with van der Waals surface area (Å²) in [5.74, 6) is 1.08. The highest BCUT2D eigenvalue weighted by Crippen LogP contribution is 2.29. The maximum absolute atomic E-state index is 9.42. The van der Waals surface area contributed by atoms with Gasteiger partial charge in [-0.1, -0.05) is 18.1 Å². The summed E-state index contributed by atoms with van der Waals surface area (Å²) >= 11 is 0. The largest absolute Gasteiger partial charge is 0.396 e. The van der Waals surface area contributed by atoms with Gasteiger partial charge in [0.05, 0.1) is 17.4 Å². The summed E-state index contributed by atoms with van der Waals surface area (Å²) in [6.45, 7) is 8.40. The zero-order valence-corrected chi connectivity index (χ0v) is 13.0. The zero-order chi connectivity index (χ0) is 14.6. The summed E-state index contributed by atoms with van der Waals surface area (Å²) < 4.78 is 1.90. The van der Waals surface area contributed by atoms with Gasteiger partial charge in [-0.15, -0.1) is 5.10 Å². The highest BCUT2D eigenvalue weighted by atomic mass is 16.3. The van der Waals surface area contributed by atoms with E-state index < -0.39 is 0 Å². The molecular formula is C15H28N4O. The molecule has 0 bridgehead atoms. The van der Waals surface area contributed by atoms with Crippen molar-refractivity contribution in [1.29, 1.82) is 0 Å². The molecule has 2 N–H and O–H groups in total. The Morgan fingerprint density at radius 1 is 1.30 bits per heavy atom. The molecule has 1 saturated carbocycles. The number of nitrogens with one attached hydrogen (secondary N) is 1. The first-order valence-electron chi connectivity index (χ1n) is 7.74. The van der Waals surface area contributed by atoms with E-state index in [9.17, 15) is 5.11 Å². The van der Waals surface area contributed by atoms with Gasteiger partial charge in [0, 0.05) is 13.2 Å². The Hall–Kier alpha value is -0.940. The summed E-state index contributed by atoms with van der Waals surface area (Å²) in [5, 5.41) is 21.3. The van der Waals surface area contributed by atoms with Crippen molar-refractivity contribution in [3.8, 4) is 0 Å². The van der Waals surface area contributed by atoms with Crippen LogP contribution in [-0.2, 0) is 12.1 Å². The minimum absolute atomic E-state index is 0.0173. The lowest BCUT2D eigenvalue weighted by Crippen LogP contribution is -2.32. The van der Waals surface area contributed by atoms with E-state index >= 15 is 0 Å². The van der Waals surface area contributed by atoms with Crippen LogP contribution in [0.2, 0.25) is 0 Å². The number of rotatable bonds is 5. The molecule has 1 fully saturated rings. The van der Waals surface area contributed by atoms with E-state index in [1.807, 2.05) is 10.9 Å². The lowest BCUT2D eigenvalue weighted by atomic mass is 9.79. The topological polar surface area (TPSA) is 63.0 Å². The number of hydrogen-bond donors (Lipinski definition) is 2. The van der Waals surface area contributed by atoms with E-state index in [0.717, 1.165) is 18.8 Å². The van der Waals surface area contributed by atoms with Gasteiger partial charge < -0.3 is 10.4 Å². The average molecular weight is 280 g/mol. The third kappa shape index (κ3) is 4.03. The Labute approximate surface area is 121 Å². The SMILES string of the molecule is CC(C)(C)n1cc(CNCC2CCCCC2CO)nn1. The maximum Gasteiger partial charge on any atom is 0.0965 e. The van der Waals surface area contributed by atoms with Gasteiger partial charge in [-0.3, -0.25) is 0 Å². The molecule has 2 atom stereocenters. The van der Waals surface area contributed by atoms with Crippen molar-refractivity contribution in [3.05, 3.63) is 11.9 Å². The number of aliphatic hydroxyl groups is 1. The molecule has 2 unspecified atom stereocenters. The van der Waals surface area contributed by atoms with Gasteiger partial charge in [-0.25, -0.2) is 4.68 Å². The fourth-order valence-corrected chi connectivity index (χ4v) is 2.89. The van der Waals surface area contributed by atoms with Crippen LogP contribution in [-0.4, -0.2) is 33.3 Å². The Balaban J connectivity index is 1.79. The normalized spacial score (nSPS) is 24.0. The molecule has 0 aromatic carbocycles. The fraction of sp³-hybridized carbons (Fsp3) is 0.867. The molecule has 114 valence electrons. The van der Waals surface area contributed by atoms with Gasteiger partial charge in [0.2, 0.25) is 0 Å². The summed E-state index contributed by atoms with van der Waals surface area (Å²) in [5.41, 5.74) is 0.965. The summed E-state index contributed by atoms with van der Waals surface area (Å²) in [4.78, 5) is 0. The third-order valence-electron chi connectivity index (χ3n) is 4.24. The first-order chi connectivity index (χ1) is 9.50. The van der Waals surface area contributed by atoms with E-state index in [-0.39, 0.29) is 5.54 Å². The van der Waals surface area contributed by atoms with Crippen LogP contribution in [0.4, 0.5) is 0 Å². The molecule has 0 amide bonds. The molecule has 5 heteroatoms. The number of aromatic nitrogens is 3. The smallest absolute Gasteiger partial charge is 0.0965 e. The van der Waals surface area contributed by atoms with Gasteiger partial charge >= 0.3 is 0 Å². The van der Waals surface area contributed by atoms with Crippen LogP contribution in [0.1, 0.15) is 52.1 Å².